The number of aryl methyl sites for hydroxylation is 1. The number of aromatic nitrogens is 6. The van der Waals surface area contributed by atoms with E-state index >= 15 is 0 Å². The number of fused-ring (bicyclic) bond motifs is 1. The summed E-state index contributed by atoms with van der Waals surface area (Å²) in [5.74, 6) is 0.763. The van der Waals surface area contributed by atoms with Crippen LogP contribution < -0.4 is 5.32 Å². The van der Waals surface area contributed by atoms with Crippen molar-refractivity contribution in [1.29, 1.82) is 0 Å². The summed E-state index contributed by atoms with van der Waals surface area (Å²) in [4.78, 5) is 7.44. The number of rotatable bonds is 4. The van der Waals surface area contributed by atoms with Gasteiger partial charge in [0.1, 0.15) is 0 Å². The molecule has 5 aromatic rings. The van der Waals surface area contributed by atoms with Crippen LogP contribution in [0.4, 0.5) is 11.5 Å². The normalized spacial score (nSPS) is 11.1. The largest absolute Gasteiger partial charge is 0.345 e. The third-order valence-electron chi connectivity index (χ3n) is 4.55. The summed E-state index contributed by atoms with van der Waals surface area (Å²) in [6, 6.07) is 16.2. The molecule has 0 aliphatic rings. The quantitative estimate of drug-likeness (QED) is 0.451. The Bertz CT molecular complexity index is 1200. The lowest BCUT2D eigenvalue weighted by molar-refractivity contribution is 0.880. The molecule has 0 saturated heterocycles. The molecule has 0 bridgehead atoms. The third-order valence-corrected chi connectivity index (χ3v) is 4.55. The van der Waals surface area contributed by atoms with E-state index in [0.29, 0.717) is 0 Å². The number of hydrogen-bond acceptors (Lipinski definition) is 4. The predicted octanol–water partition coefficient (Wildman–Crippen LogP) is 4.19. The highest BCUT2D eigenvalue weighted by Gasteiger charge is 2.08. The third kappa shape index (κ3) is 2.85. The molecule has 0 amide bonds. The molecule has 7 heteroatoms. The van der Waals surface area contributed by atoms with E-state index < -0.39 is 0 Å². The summed E-state index contributed by atoms with van der Waals surface area (Å²) in [7, 11) is 0. The maximum absolute atomic E-state index is 4.39. The Morgan fingerprint density at radius 3 is 2.78 bits per heavy atom. The standard InChI is InChI=1S/C20H17N7/c1-13-9-18-19(22-12-21-18)10-16(13)24-20-11-17(25-26-20)14-3-5-15(6-4-14)27-8-2-7-23-27/h2-12H,1H3,(H,21,22)(H2,24,25,26). The fraction of sp³-hybridized carbons (Fsp3) is 0.0500. The van der Waals surface area contributed by atoms with Gasteiger partial charge < -0.3 is 10.3 Å². The number of nitrogens with zero attached hydrogens (tertiary/aromatic N) is 4. The molecule has 0 radical (unpaired) electrons. The Labute approximate surface area is 155 Å². The highest BCUT2D eigenvalue weighted by Crippen LogP contribution is 2.26. The molecule has 27 heavy (non-hydrogen) atoms. The Kier molecular flexibility index (Phi) is 3.50. The molecule has 0 aliphatic carbocycles. The molecule has 2 aromatic carbocycles. The van der Waals surface area contributed by atoms with Crippen LogP contribution in [0.15, 0.2) is 67.3 Å². The average molecular weight is 355 g/mol. The van der Waals surface area contributed by atoms with Gasteiger partial charge >= 0.3 is 0 Å². The number of anilines is 2. The Hall–Kier alpha value is -3.87. The second kappa shape index (κ2) is 6.14. The van der Waals surface area contributed by atoms with E-state index in [1.807, 2.05) is 41.2 Å². The van der Waals surface area contributed by atoms with E-state index in [-0.39, 0.29) is 0 Å². The van der Waals surface area contributed by atoms with Gasteiger partial charge in [-0.3, -0.25) is 5.10 Å². The number of hydrogen-bond donors (Lipinski definition) is 3. The zero-order valence-electron chi connectivity index (χ0n) is 14.6. The zero-order chi connectivity index (χ0) is 18.2. The first-order valence-electron chi connectivity index (χ1n) is 8.63. The van der Waals surface area contributed by atoms with Gasteiger partial charge in [-0.05, 0) is 48.4 Å². The Balaban J connectivity index is 1.40. The molecule has 3 heterocycles. The monoisotopic (exact) mass is 355 g/mol. The molecular weight excluding hydrogens is 338 g/mol. The highest BCUT2D eigenvalue weighted by molar-refractivity contribution is 5.82. The minimum atomic E-state index is 0.763. The summed E-state index contributed by atoms with van der Waals surface area (Å²) in [5.41, 5.74) is 7.09. The van der Waals surface area contributed by atoms with Crippen molar-refractivity contribution in [1.82, 2.24) is 29.9 Å². The predicted molar refractivity (Wildman–Crippen MR) is 105 cm³/mol. The maximum atomic E-state index is 4.39. The van der Waals surface area contributed by atoms with Gasteiger partial charge in [0.15, 0.2) is 5.82 Å². The lowest BCUT2D eigenvalue weighted by Crippen LogP contribution is -1.93. The van der Waals surface area contributed by atoms with Crippen LogP contribution in [0.3, 0.4) is 0 Å². The maximum Gasteiger partial charge on any atom is 0.152 e. The van der Waals surface area contributed by atoms with Crippen molar-refractivity contribution in [3.05, 3.63) is 72.8 Å². The summed E-state index contributed by atoms with van der Waals surface area (Å²) in [6.45, 7) is 2.06. The van der Waals surface area contributed by atoms with Gasteiger partial charge in [-0.25, -0.2) is 9.67 Å². The zero-order valence-corrected chi connectivity index (χ0v) is 14.6. The van der Waals surface area contributed by atoms with E-state index in [1.165, 1.54) is 0 Å². The summed E-state index contributed by atoms with van der Waals surface area (Å²) >= 11 is 0. The number of nitrogens with one attached hydrogen (secondary N) is 3. The van der Waals surface area contributed by atoms with Crippen molar-refractivity contribution in [3.8, 4) is 16.9 Å². The van der Waals surface area contributed by atoms with Gasteiger partial charge in [0, 0.05) is 24.1 Å². The van der Waals surface area contributed by atoms with Crippen LogP contribution in [0, 0.1) is 6.92 Å². The van der Waals surface area contributed by atoms with Crippen molar-refractivity contribution < 1.29 is 0 Å². The Morgan fingerprint density at radius 2 is 1.96 bits per heavy atom. The fourth-order valence-corrected chi connectivity index (χ4v) is 3.11. The first kappa shape index (κ1) is 15.4. The van der Waals surface area contributed by atoms with Crippen LogP contribution in [0.1, 0.15) is 5.56 Å². The van der Waals surface area contributed by atoms with E-state index in [2.05, 4.69) is 55.7 Å². The van der Waals surface area contributed by atoms with Gasteiger partial charge in [-0.1, -0.05) is 12.1 Å². The highest BCUT2D eigenvalue weighted by atomic mass is 15.3. The van der Waals surface area contributed by atoms with E-state index in [1.54, 1.807) is 12.5 Å². The van der Waals surface area contributed by atoms with E-state index in [0.717, 1.165) is 45.0 Å². The number of aromatic amines is 2. The SMILES string of the molecule is Cc1cc2[nH]cnc2cc1Nc1cc(-c2ccc(-n3cccn3)cc2)[nH]n1. The summed E-state index contributed by atoms with van der Waals surface area (Å²) in [6.07, 6.45) is 5.39. The molecule has 0 spiro atoms. The summed E-state index contributed by atoms with van der Waals surface area (Å²) < 4.78 is 1.83. The first-order chi connectivity index (χ1) is 13.3. The van der Waals surface area contributed by atoms with Crippen LogP contribution in [0.2, 0.25) is 0 Å². The molecule has 0 aliphatic heterocycles. The van der Waals surface area contributed by atoms with Crippen molar-refractivity contribution in [2.45, 2.75) is 6.92 Å². The van der Waals surface area contributed by atoms with Crippen molar-refractivity contribution in [2.75, 3.05) is 5.32 Å². The van der Waals surface area contributed by atoms with Gasteiger partial charge in [-0.15, -0.1) is 0 Å². The van der Waals surface area contributed by atoms with E-state index in [4.69, 9.17) is 0 Å². The minimum absolute atomic E-state index is 0.763. The number of H-pyrrole nitrogens is 2. The van der Waals surface area contributed by atoms with Crippen LogP contribution in [-0.4, -0.2) is 29.9 Å². The second-order valence-corrected chi connectivity index (χ2v) is 6.38. The van der Waals surface area contributed by atoms with Crippen LogP contribution in [-0.2, 0) is 0 Å². The Morgan fingerprint density at radius 1 is 1.07 bits per heavy atom. The van der Waals surface area contributed by atoms with Gasteiger partial charge in [0.05, 0.1) is 28.7 Å². The molecule has 0 atom stereocenters. The van der Waals surface area contributed by atoms with Crippen LogP contribution in [0.25, 0.3) is 28.0 Å². The van der Waals surface area contributed by atoms with Crippen molar-refractivity contribution in [2.24, 2.45) is 0 Å². The molecule has 0 fully saturated rings. The second-order valence-electron chi connectivity index (χ2n) is 6.38. The first-order valence-corrected chi connectivity index (χ1v) is 8.63. The van der Waals surface area contributed by atoms with E-state index in [9.17, 15) is 0 Å². The molecule has 5 rings (SSSR count). The molecule has 132 valence electrons. The lowest BCUT2D eigenvalue weighted by atomic mass is 10.1. The molecule has 3 N–H and O–H groups in total. The molecule has 0 unspecified atom stereocenters. The topological polar surface area (TPSA) is 87.2 Å². The van der Waals surface area contributed by atoms with Crippen LogP contribution in [0.5, 0.6) is 0 Å². The van der Waals surface area contributed by atoms with Crippen molar-refractivity contribution in [3.63, 3.8) is 0 Å². The molecule has 0 saturated carbocycles. The lowest BCUT2D eigenvalue weighted by Gasteiger charge is -2.06. The molecular formula is C20H17N7. The number of benzene rings is 2. The molecule has 7 nitrogen and oxygen atoms in total. The van der Waals surface area contributed by atoms with Gasteiger partial charge in [0.2, 0.25) is 0 Å². The fourth-order valence-electron chi connectivity index (χ4n) is 3.11. The minimum Gasteiger partial charge on any atom is -0.345 e. The average Bonchev–Trinajstić information content (AvgIpc) is 3.44. The van der Waals surface area contributed by atoms with Crippen molar-refractivity contribution >= 4 is 22.5 Å². The molecule has 3 aromatic heterocycles. The van der Waals surface area contributed by atoms with Crippen LogP contribution >= 0.6 is 0 Å². The number of imidazole rings is 1. The smallest absolute Gasteiger partial charge is 0.152 e. The van der Waals surface area contributed by atoms with Gasteiger partial charge in [0.25, 0.3) is 0 Å². The summed E-state index contributed by atoms with van der Waals surface area (Å²) in [5, 5.41) is 15.1. The van der Waals surface area contributed by atoms with Gasteiger partial charge in [-0.2, -0.15) is 10.2 Å².